The normalized spacial score (nSPS) is 11.7. The molecular weight excluding hydrogens is 440 g/mol. The number of nitrogens with zero attached hydrogens (tertiary/aromatic N) is 5. The monoisotopic (exact) mass is 466 g/mol. The lowest BCUT2D eigenvalue weighted by molar-refractivity contribution is -0.117. The number of carbonyl (C=O) groups excluding carboxylic acids is 1. The molecule has 10 heteroatoms. The van der Waals surface area contributed by atoms with Gasteiger partial charge in [-0.1, -0.05) is 6.42 Å². The highest BCUT2D eigenvalue weighted by molar-refractivity contribution is 7.90. The van der Waals surface area contributed by atoms with Crippen LogP contribution in [0.1, 0.15) is 32.6 Å². The van der Waals surface area contributed by atoms with Gasteiger partial charge in [0.15, 0.2) is 9.84 Å². The molecule has 0 spiro atoms. The fourth-order valence-corrected chi connectivity index (χ4v) is 4.18. The minimum absolute atomic E-state index is 0.231. The van der Waals surface area contributed by atoms with Crippen molar-refractivity contribution in [1.29, 1.82) is 0 Å². The highest BCUT2D eigenvalue weighted by atomic mass is 32.2. The third-order valence-electron chi connectivity index (χ3n) is 5.28. The average molecular weight is 467 g/mol. The molecule has 0 amide bonds. The molecule has 1 N–H and O–H groups in total. The van der Waals surface area contributed by atoms with Crippen LogP contribution in [0.4, 0.5) is 11.6 Å². The Morgan fingerprint density at radius 3 is 2.58 bits per heavy atom. The Bertz CT molecular complexity index is 1370. The SMILES string of the molecule is CC(=O)CCCCCn1cc(Nc2ncc3ccn(-c4ccc(S(C)(=O)=O)cc4)c3n2)cn1. The van der Waals surface area contributed by atoms with Crippen LogP contribution < -0.4 is 5.32 Å². The van der Waals surface area contributed by atoms with Crippen LogP contribution in [0.3, 0.4) is 0 Å². The number of anilines is 2. The van der Waals surface area contributed by atoms with Gasteiger partial charge < -0.3 is 14.7 Å². The summed E-state index contributed by atoms with van der Waals surface area (Å²) in [4.78, 5) is 20.3. The maximum atomic E-state index is 11.7. The molecule has 0 aliphatic carbocycles. The molecule has 3 heterocycles. The number of unbranched alkanes of at least 4 members (excludes halogenated alkanes) is 2. The predicted molar refractivity (Wildman–Crippen MR) is 127 cm³/mol. The summed E-state index contributed by atoms with van der Waals surface area (Å²) < 4.78 is 27.2. The van der Waals surface area contributed by atoms with Crippen LogP contribution >= 0.6 is 0 Å². The summed E-state index contributed by atoms with van der Waals surface area (Å²) in [6.07, 6.45) is 11.9. The number of aryl methyl sites for hydroxylation is 1. The number of sulfone groups is 1. The van der Waals surface area contributed by atoms with Crippen LogP contribution in [0.5, 0.6) is 0 Å². The summed E-state index contributed by atoms with van der Waals surface area (Å²) >= 11 is 0. The number of Topliss-reactive ketones (excluding diaryl/α,β-unsaturated/α-hetero) is 1. The molecule has 0 unspecified atom stereocenters. The van der Waals surface area contributed by atoms with Crippen molar-refractivity contribution >= 4 is 38.3 Å². The third kappa shape index (κ3) is 5.64. The van der Waals surface area contributed by atoms with Crippen LogP contribution in [0, 0.1) is 0 Å². The van der Waals surface area contributed by atoms with Gasteiger partial charge in [0.05, 0.1) is 16.8 Å². The van der Waals surface area contributed by atoms with Crippen LogP contribution in [-0.2, 0) is 21.2 Å². The molecule has 33 heavy (non-hydrogen) atoms. The molecule has 0 bridgehead atoms. The minimum Gasteiger partial charge on any atom is -0.321 e. The van der Waals surface area contributed by atoms with Gasteiger partial charge >= 0.3 is 0 Å². The molecule has 0 radical (unpaired) electrons. The third-order valence-corrected chi connectivity index (χ3v) is 6.40. The summed E-state index contributed by atoms with van der Waals surface area (Å²) in [6.45, 7) is 2.40. The quantitative estimate of drug-likeness (QED) is 0.353. The van der Waals surface area contributed by atoms with Gasteiger partial charge in [-0.25, -0.2) is 13.4 Å². The first-order valence-electron chi connectivity index (χ1n) is 10.7. The second kappa shape index (κ2) is 9.53. The zero-order chi connectivity index (χ0) is 23.4. The number of carbonyl (C=O) groups is 1. The zero-order valence-electron chi connectivity index (χ0n) is 18.6. The fourth-order valence-electron chi connectivity index (χ4n) is 3.54. The Morgan fingerprint density at radius 1 is 1.06 bits per heavy atom. The van der Waals surface area contributed by atoms with E-state index in [1.807, 2.05) is 27.7 Å². The van der Waals surface area contributed by atoms with Gasteiger partial charge in [-0.05, 0) is 50.1 Å². The van der Waals surface area contributed by atoms with E-state index in [9.17, 15) is 13.2 Å². The van der Waals surface area contributed by atoms with Gasteiger partial charge in [-0.3, -0.25) is 4.68 Å². The van der Waals surface area contributed by atoms with Crippen LogP contribution in [-0.4, -0.2) is 44.8 Å². The van der Waals surface area contributed by atoms with Gasteiger partial charge in [0.2, 0.25) is 5.95 Å². The number of nitrogens with one attached hydrogen (secondary N) is 1. The van der Waals surface area contributed by atoms with E-state index in [1.165, 1.54) is 6.26 Å². The molecule has 3 aromatic heterocycles. The maximum Gasteiger partial charge on any atom is 0.229 e. The fraction of sp³-hybridized carbons (Fsp3) is 0.304. The van der Waals surface area contributed by atoms with E-state index in [0.717, 1.165) is 42.6 Å². The van der Waals surface area contributed by atoms with Gasteiger partial charge in [0, 0.05) is 48.9 Å². The van der Waals surface area contributed by atoms with Crippen molar-refractivity contribution in [2.75, 3.05) is 11.6 Å². The second-order valence-corrected chi connectivity index (χ2v) is 10.1. The van der Waals surface area contributed by atoms with Crippen LogP contribution in [0.2, 0.25) is 0 Å². The number of ketones is 1. The molecule has 4 aromatic rings. The standard InChI is InChI=1S/C23H26N6O3S/c1-17(30)6-4-3-5-12-28-16-19(15-25-28)26-23-24-14-18-11-13-29(22(18)27-23)20-7-9-21(10-8-20)33(2,31)32/h7-11,13-16H,3-6,12H2,1-2H3,(H,24,26,27). The molecule has 0 aliphatic rings. The maximum absolute atomic E-state index is 11.7. The lowest BCUT2D eigenvalue weighted by Crippen LogP contribution is -2.01. The number of hydrogen-bond acceptors (Lipinski definition) is 7. The Labute approximate surface area is 192 Å². The van der Waals surface area contributed by atoms with Crippen molar-refractivity contribution in [3.8, 4) is 5.69 Å². The first kappa shape index (κ1) is 22.7. The first-order valence-corrected chi connectivity index (χ1v) is 12.6. The number of aromatic nitrogens is 5. The first-order chi connectivity index (χ1) is 15.8. The Morgan fingerprint density at radius 2 is 1.85 bits per heavy atom. The van der Waals surface area contributed by atoms with E-state index in [1.54, 1.807) is 43.6 Å². The van der Waals surface area contributed by atoms with Gasteiger partial charge in [-0.2, -0.15) is 10.1 Å². The topological polar surface area (TPSA) is 112 Å². The molecule has 172 valence electrons. The van der Waals surface area contributed by atoms with Gasteiger partial charge in [0.1, 0.15) is 11.4 Å². The van der Waals surface area contributed by atoms with E-state index < -0.39 is 9.84 Å². The van der Waals surface area contributed by atoms with E-state index in [0.29, 0.717) is 18.0 Å². The number of fused-ring (bicyclic) bond motifs is 1. The van der Waals surface area contributed by atoms with Gasteiger partial charge in [0.25, 0.3) is 0 Å². The molecule has 0 saturated carbocycles. The number of rotatable bonds is 10. The summed E-state index contributed by atoms with van der Waals surface area (Å²) in [7, 11) is -3.25. The molecule has 1 aromatic carbocycles. The molecule has 0 fully saturated rings. The van der Waals surface area contributed by atoms with Crippen molar-refractivity contribution in [3.05, 3.63) is 55.1 Å². The molecule has 9 nitrogen and oxygen atoms in total. The Hall–Kier alpha value is -3.53. The summed E-state index contributed by atoms with van der Waals surface area (Å²) in [5.74, 6) is 0.672. The molecule has 0 saturated heterocycles. The van der Waals surface area contributed by atoms with Crippen molar-refractivity contribution in [2.45, 2.75) is 44.0 Å². The minimum atomic E-state index is -3.25. The number of hydrogen-bond donors (Lipinski definition) is 1. The van der Waals surface area contributed by atoms with Crippen LogP contribution in [0.25, 0.3) is 16.7 Å². The highest BCUT2D eigenvalue weighted by Crippen LogP contribution is 2.22. The number of benzene rings is 1. The predicted octanol–water partition coefficient (Wildman–Crippen LogP) is 3.91. The molecule has 4 rings (SSSR count). The van der Waals surface area contributed by atoms with Crippen molar-refractivity contribution in [1.82, 2.24) is 24.3 Å². The van der Waals surface area contributed by atoms with E-state index >= 15 is 0 Å². The summed E-state index contributed by atoms with van der Waals surface area (Å²) in [6, 6.07) is 8.60. The van der Waals surface area contributed by atoms with E-state index in [4.69, 9.17) is 0 Å². The molecule has 0 atom stereocenters. The van der Waals surface area contributed by atoms with E-state index in [-0.39, 0.29) is 10.7 Å². The molecule has 0 aliphatic heterocycles. The summed E-state index contributed by atoms with van der Waals surface area (Å²) in [5, 5.41) is 8.43. The van der Waals surface area contributed by atoms with Gasteiger partial charge in [-0.15, -0.1) is 0 Å². The Kier molecular flexibility index (Phi) is 6.55. The largest absolute Gasteiger partial charge is 0.321 e. The second-order valence-electron chi connectivity index (χ2n) is 8.05. The summed E-state index contributed by atoms with van der Waals surface area (Å²) in [5.41, 5.74) is 2.30. The average Bonchev–Trinajstić information content (AvgIpc) is 3.39. The van der Waals surface area contributed by atoms with Crippen LogP contribution in [0.15, 0.2) is 60.0 Å². The lowest BCUT2D eigenvalue weighted by Gasteiger charge is -2.07. The smallest absolute Gasteiger partial charge is 0.229 e. The Balaban J connectivity index is 1.46. The lowest BCUT2D eigenvalue weighted by atomic mass is 10.1. The van der Waals surface area contributed by atoms with Crippen molar-refractivity contribution in [2.24, 2.45) is 0 Å². The van der Waals surface area contributed by atoms with E-state index in [2.05, 4.69) is 20.4 Å². The van der Waals surface area contributed by atoms with Crippen molar-refractivity contribution in [3.63, 3.8) is 0 Å². The molecular formula is C23H26N6O3S. The zero-order valence-corrected chi connectivity index (χ0v) is 19.4. The highest BCUT2D eigenvalue weighted by Gasteiger charge is 2.10. The van der Waals surface area contributed by atoms with Crippen molar-refractivity contribution < 1.29 is 13.2 Å².